The molecule has 0 aromatic heterocycles. The molecule has 0 aliphatic carbocycles. The van der Waals surface area contributed by atoms with E-state index < -0.39 is 0 Å². The van der Waals surface area contributed by atoms with E-state index >= 15 is 0 Å². The number of benzene rings is 2. The third-order valence-corrected chi connectivity index (χ3v) is 8.75. The van der Waals surface area contributed by atoms with Gasteiger partial charge in [0, 0.05) is 34.9 Å². The second kappa shape index (κ2) is 8.30. The molecule has 2 aromatic carbocycles. The Morgan fingerprint density at radius 2 is 1.30 bits per heavy atom. The molecule has 2 nitrogen and oxygen atoms in total. The Morgan fingerprint density at radius 3 is 1.78 bits per heavy atom. The fraction of sp³-hybridized carbons (Fsp3) is 0.0625. The maximum Gasteiger partial charge on any atom is 0.308 e. The molecular weight excluding hydrogens is 624 g/mol. The van der Waals surface area contributed by atoms with Gasteiger partial charge in [0.15, 0.2) is 0 Å². The van der Waals surface area contributed by atoms with Gasteiger partial charge in [-0.2, -0.15) is 0 Å². The van der Waals surface area contributed by atoms with Crippen LogP contribution < -0.4 is 4.74 Å². The van der Waals surface area contributed by atoms with Crippen LogP contribution in [-0.4, -0.2) is 5.97 Å². The number of carbonyl (C=O) groups is 1. The SMILES string of the molecule is CC(=O)Oc1ccc(C#Cc2c(Br)c(Br)c(Br)c(Br)c2Br)cc1. The summed E-state index contributed by atoms with van der Waals surface area (Å²) in [7, 11) is 0. The van der Waals surface area contributed by atoms with Crippen molar-refractivity contribution in [2.75, 3.05) is 0 Å². The Morgan fingerprint density at radius 1 is 0.826 bits per heavy atom. The highest BCUT2D eigenvalue weighted by atomic mass is 79.9. The van der Waals surface area contributed by atoms with Crippen LogP contribution in [0.15, 0.2) is 46.6 Å². The van der Waals surface area contributed by atoms with Gasteiger partial charge in [-0.05, 0) is 104 Å². The van der Waals surface area contributed by atoms with E-state index in [2.05, 4.69) is 91.5 Å². The number of hydrogen-bond acceptors (Lipinski definition) is 2. The van der Waals surface area contributed by atoms with Gasteiger partial charge in [0.05, 0.1) is 5.56 Å². The lowest BCUT2D eigenvalue weighted by molar-refractivity contribution is -0.131. The molecule has 0 atom stereocenters. The summed E-state index contributed by atoms with van der Waals surface area (Å²) in [5.74, 6) is 6.38. The van der Waals surface area contributed by atoms with Crippen molar-refractivity contribution >= 4 is 85.6 Å². The Balaban J connectivity index is 2.38. The summed E-state index contributed by atoms with van der Waals surface area (Å²) < 4.78 is 9.35. The molecule has 0 unspecified atom stereocenters. The van der Waals surface area contributed by atoms with E-state index in [0.717, 1.165) is 33.5 Å². The summed E-state index contributed by atoms with van der Waals surface area (Å²) in [5.41, 5.74) is 1.63. The molecule has 0 N–H and O–H groups in total. The van der Waals surface area contributed by atoms with Crippen molar-refractivity contribution in [1.82, 2.24) is 0 Å². The van der Waals surface area contributed by atoms with Crippen LogP contribution in [-0.2, 0) is 4.79 Å². The highest BCUT2D eigenvalue weighted by Crippen LogP contribution is 2.44. The first-order chi connectivity index (χ1) is 10.8. The fourth-order valence-electron chi connectivity index (χ4n) is 1.62. The first-order valence-electron chi connectivity index (χ1n) is 6.13. The molecule has 0 saturated heterocycles. The monoisotopic (exact) mass is 626 g/mol. The number of esters is 1. The van der Waals surface area contributed by atoms with Crippen molar-refractivity contribution in [3.8, 4) is 17.6 Å². The van der Waals surface area contributed by atoms with Gasteiger partial charge in [-0.25, -0.2) is 0 Å². The first kappa shape index (κ1) is 19.2. The molecule has 2 aromatic rings. The van der Waals surface area contributed by atoms with Crippen LogP contribution in [0.4, 0.5) is 0 Å². The standard InChI is InChI=1S/C16H7Br5O2/c1-8(22)23-10-5-2-9(3-6-10)4-7-11-12(17)14(19)16(21)15(20)13(11)18/h2-3,5-6H,1H3. The van der Waals surface area contributed by atoms with E-state index in [1.165, 1.54) is 6.92 Å². The maximum atomic E-state index is 10.9. The maximum absolute atomic E-state index is 10.9. The molecule has 0 radical (unpaired) electrons. The first-order valence-corrected chi connectivity index (χ1v) is 10.1. The lowest BCUT2D eigenvalue weighted by Gasteiger charge is -2.09. The number of rotatable bonds is 1. The van der Waals surface area contributed by atoms with Crippen molar-refractivity contribution in [1.29, 1.82) is 0 Å². The molecule has 0 bridgehead atoms. The van der Waals surface area contributed by atoms with Gasteiger partial charge in [-0.1, -0.05) is 11.8 Å². The van der Waals surface area contributed by atoms with E-state index in [1.807, 2.05) is 0 Å². The van der Waals surface area contributed by atoms with Crippen molar-refractivity contribution in [2.45, 2.75) is 6.92 Å². The third-order valence-electron chi connectivity index (χ3n) is 2.66. The quantitative estimate of drug-likeness (QED) is 0.114. The second-order valence-electron chi connectivity index (χ2n) is 4.31. The summed E-state index contributed by atoms with van der Waals surface area (Å²) in [5, 5.41) is 0. The number of carbonyl (C=O) groups excluding carboxylic acids is 1. The Labute approximate surface area is 176 Å². The van der Waals surface area contributed by atoms with Crippen molar-refractivity contribution < 1.29 is 9.53 Å². The topological polar surface area (TPSA) is 26.3 Å². The second-order valence-corrected chi connectivity index (χ2v) is 8.28. The number of hydrogen-bond donors (Lipinski definition) is 0. The molecule has 0 amide bonds. The predicted octanol–water partition coefficient (Wildman–Crippen LogP) is 6.82. The van der Waals surface area contributed by atoms with Gasteiger partial charge in [0.2, 0.25) is 0 Å². The van der Waals surface area contributed by atoms with Crippen molar-refractivity contribution in [3.05, 3.63) is 57.8 Å². The average Bonchev–Trinajstić information content (AvgIpc) is 2.52. The Hall–Kier alpha value is -0.130. The van der Waals surface area contributed by atoms with E-state index in [-0.39, 0.29) is 5.97 Å². The zero-order valence-corrected chi connectivity index (χ0v) is 19.4. The van der Waals surface area contributed by atoms with Gasteiger partial charge < -0.3 is 4.74 Å². The zero-order chi connectivity index (χ0) is 17.1. The lowest BCUT2D eigenvalue weighted by atomic mass is 10.2. The normalized spacial score (nSPS) is 10.0. The van der Waals surface area contributed by atoms with Gasteiger partial charge in [-0.15, -0.1) is 0 Å². The molecule has 0 aliphatic rings. The van der Waals surface area contributed by atoms with Gasteiger partial charge in [-0.3, -0.25) is 4.79 Å². The van der Waals surface area contributed by atoms with Crippen LogP contribution in [0.1, 0.15) is 18.1 Å². The molecule has 0 saturated carbocycles. The molecule has 0 heterocycles. The number of halogens is 5. The van der Waals surface area contributed by atoms with E-state index in [9.17, 15) is 4.79 Å². The summed E-state index contributed by atoms with van der Waals surface area (Å²) in [6, 6.07) is 7.03. The number of ether oxygens (including phenoxy) is 1. The Bertz CT molecular complexity index is 803. The molecule has 0 fully saturated rings. The highest BCUT2D eigenvalue weighted by Gasteiger charge is 2.16. The minimum atomic E-state index is -0.346. The smallest absolute Gasteiger partial charge is 0.308 e. The summed E-state index contributed by atoms with van der Waals surface area (Å²) in [4.78, 5) is 10.9. The molecule has 2 rings (SSSR count). The van der Waals surface area contributed by atoms with Crippen molar-refractivity contribution in [2.24, 2.45) is 0 Å². The van der Waals surface area contributed by atoms with Gasteiger partial charge in [0.1, 0.15) is 5.75 Å². The summed E-state index contributed by atoms with van der Waals surface area (Å²) in [6.45, 7) is 1.37. The minimum absolute atomic E-state index is 0.346. The largest absolute Gasteiger partial charge is 0.427 e. The molecular formula is C16H7Br5O2. The van der Waals surface area contributed by atoms with Crippen LogP contribution >= 0.6 is 79.6 Å². The molecule has 7 heteroatoms. The molecule has 0 spiro atoms. The predicted molar refractivity (Wildman–Crippen MR) is 109 cm³/mol. The van der Waals surface area contributed by atoms with Crippen LogP contribution in [0.2, 0.25) is 0 Å². The van der Waals surface area contributed by atoms with Gasteiger partial charge in [0.25, 0.3) is 0 Å². The third kappa shape index (κ3) is 4.70. The highest BCUT2D eigenvalue weighted by molar-refractivity contribution is 9.15. The summed E-state index contributed by atoms with van der Waals surface area (Å²) in [6.07, 6.45) is 0. The fourth-order valence-corrected chi connectivity index (χ4v) is 4.87. The summed E-state index contributed by atoms with van der Waals surface area (Å²) >= 11 is 17.6. The van der Waals surface area contributed by atoms with E-state index in [4.69, 9.17) is 4.74 Å². The Kier molecular flexibility index (Phi) is 6.93. The molecule has 118 valence electrons. The molecule has 0 aliphatic heterocycles. The van der Waals surface area contributed by atoms with Crippen LogP contribution in [0, 0.1) is 11.8 Å². The van der Waals surface area contributed by atoms with Crippen LogP contribution in [0.25, 0.3) is 0 Å². The van der Waals surface area contributed by atoms with Gasteiger partial charge >= 0.3 is 5.97 Å². The lowest BCUT2D eigenvalue weighted by Crippen LogP contribution is -2.00. The molecule has 23 heavy (non-hydrogen) atoms. The minimum Gasteiger partial charge on any atom is -0.427 e. The average molecular weight is 631 g/mol. The van der Waals surface area contributed by atoms with E-state index in [1.54, 1.807) is 24.3 Å². The van der Waals surface area contributed by atoms with Crippen molar-refractivity contribution in [3.63, 3.8) is 0 Å². The van der Waals surface area contributed by atoms with Crippen LogP contribution in [0.3, 0.4) is 0 Å². The van der Waals surface area contributed by atoms with Crippen LogP contribution in [0.5, 0.6) is 5.75 Å². The zero-order valence-electron chi connectivity index (χ0n) is 11.5. The van der Waals surface area contributed by atoms with E-state index in [0.29, 0.717) is 5.75 Å².